The van der Waals surface area contributed by atoms with Crippen molar-refractivity contribution < 1.29 is 26.3 Å². The van der Waals surface area contributed by atoms with Gasteiger partial charge in [0.25, 0.3) is 0 Å². The predicted molar refractivity (Wildman–Crippen MR) is 187 cm³/mol. The summed E-state index contributed by atoms with van der Waals surface area (Å²) in [4.78, 5) is 0. The summed E-state index contributed by atoms with van der Waals surface area (Å²) in [6.45, 7) is 0. The van der Waals surface area contributed by atoms with E-state index in [1.807, 2.05) is 109 Å². The van der Waals surface area contributed by atoms with Crippen LogP contribution >= 0.6 is 0 Å². The van der Waals surface area contributed by atoms with Crippen LogP contribution in [0.15, 0.2) is 158 Å². The molecule has 0 saturated carbocycles. The molecule has 6 heteroatoms. The van der Waals surface area contributed by atoms with Crippen molar-refractivity contribution in [2.45, 2.75) is 17.8 Å². The molecule has 0 unspecified atom stereocenters. The van der Waals surface area contributed by atoms with E-state index in [0.29, 0.717) is 11.1 Å². The summed E-state index contributed by atoms with van der Waals surface area (Å²) < 4.78 is 91.2. The Balaban J connectivity index is 1.31. The molecular formula is C43H26F6. The van der Waals surface area contributed by atoms with E-state index in [4.69, 9.17) is 0 Å². The van der Waals surface area contributed by atoms with Crippen molar-refractivity contribution in [3.05, 3.63) is 169 Å². The average Bonchev–Trinajstić information content (AvgIpc) is 3.09. The van der Waals surface area contributed by atoms with Crippen molar-refractivity contribution >= 4 is 43.1 Å². The van der Waals surface area contributed by atoms with Crippen LogP contribution < -0.4 is 0 Å². The highest BCUT2D eigenvalue weighted by atomic mass is 19.4. The minimum absolute atomic E-state index is 0.521. The van der Waals surface area contributed by atoms with Gasteiger partial charge in [0.15, 0.2) is 0 Å². The maximum absolute atomic E-state index is 15.2. The van der Waals surface area contributed by atoms with Gasteiger partial charge < -0.3 is 0 Å². The Morgan fingerprint density at radius 1 is 0.306 bits per heavy atom. The van der Waals surface area contributed by atoms with Gasteiger partial charge in [-0.1, -0.05) is 146 Å². The van der Waals surface area contributed by atoms with Gasteiger partial charge >= 0.3 is 12.4 Å². The van der Waals surface area contributed by atoms with E-state index >= 15 is 26.3 Å². The zero-order chi connectivity index (χ0) is 34.0. The minimum Gasteiger partial charge on any atom is -0.169 e. The van der Waals surface area contributed by atoms with E-state index in [1.54, 1.807) is 0 Å². The van der Waals surface area contributed by atoms with Crippen molar-refractivity contribution in [1.82, 2.24) is 0 Å². The molecule has 49 heavy (non-hydrogen) atoms. The second-order valence-electron chi connectivity index (χ2n) is 12.3. The molecule has 0 aliphatic rings. The molecule has 8 rings (SSSR count). The lowest BCUT2D eigenvalue weighted by molar-refractivity contribution is -0.288. The summed E-state index contributed by atoms with van der Waals surface area (Å²) in [5.74, 6) is 0. The van der Waals surface area contributed by atoms with E-state index in [2.05, 4.69) is 0 Å². The third-order valence-corrected chi connectivity index (χ3v) is 9.61. The molecule has 8 aromatic rings. The highest BCUT2D eigenvalue weighted by molar-refractivity contribution is 6.13. The smallest absolute Gasteiger partial charge is 0.169 e. The zero-order valence-electron chi connectivity index (χ0n) is 25.8. The van der Waals surface area contributed by atoms with Gasteiger partial charge in [0.05, 0.1) is 0 Å². The molecule has 0 saturated heterocycles. The quantitative estimate of drug-likeness (QED) is 0.131. The van der Waals surface area contributed by atoms with E-state index in [-0.39, 0.29) is 0 Å². The van der Waals surface area contributed by atoms with Gasteiger partial charge in [-0.25, -0.2) is 0 Å². The Morgan fingerprint density at radius 2 is 0.571 bits per heavy atom. The maximum Gasteiger partial charge on any atom is 0.411 e. The largest absolute Gasteiger partial charge is 0.411 e. The highest BCUT2D eigenvalue weighted by Gasteiger charge is 2.72. The molecule has 0 bridgehead atoms. The van der Waals surface area contributed by atoms with Gasteiger partial charge in [-0.2, -0.15) is 26.3 Å². The van der Waals surface area contributed by atoms with Gasteiger partial charge in [0.1, 0.15) is 0 Å². The third kappa shape index (κ3) is 4.77. The zero-order valence-corrected chi connectivity index (χ0v) is 25.8. The highest BCUT2D eigenvalue weighted by Crippen LogP contribution is 2.56. The van der Waals surface area contributed by atoms with Crippen LogP contribution in [0.25, 0.3) is 65.3 Å². The van der Waals surface area contributed by atoms with Crippen LogP contribution in [0.4, 0.5) is 26.3 Å². The molecule has 0 nitrogen and oxygen atoms in total. The first-order valence-electron chi connectivity index (χ1n) is 15.7. The fraction of sp³-hybridized carbons (Fsp3) is 0.0698. The summed E-state index contributed by atoms with van der Waals surface area (Å²) >= 11 is 0. The normalized spacial score (nSPS) is 12.7. The number of rotatable bonds is 4. The number of halogens is 6. The topological polar surface area (TPSA) is 0 Å². The van der Waals surface area contributed by atoms with Crippen molar-refractivity contribution in [3.63, 3.8) is 0 Å². The molecule has 0 aromatic heterocycles. The number of fused-ring (bicyclic) bond motifs is 4. The van der Waals surface area contributed by atoms with Crippen LogP contribution in [0, 0.1) is 0 Å². The SMILES string of the molecule is FC(F)(F)C(c1ccc(-c2c3ccccc3cc3ccccc23)cc1)(c1ccc(-c2c3ccccc3cc3ccccc23)cc1)C(F)(F)F. The maximum atomic E-state index is 15.2. The van der Waals surface area contributed by atoms with Crippen LogP contribution in [0.2, 0.25) is 0 Å². The molecule has 0 fully saturated rings. The third-order valence-electron chi connectivity index (χ3n) is 9.61. The van der Waals surface area contributed by atoms with Crippen LogP contribution in [0.3, 0.4) is 0 Å². The van der Waals surface area contributed by atoms with Crippen molar-refractivity contribution in [2.75, 3.05) is 0 Å². The second-order valence-corrected chi connectivity index (χ2v) is 12.3. The number of hydrogen-bond acceptors (Lipinski definition) is 0. The van der Waals surface area contributed by atoms with E-state index < -0.39 is 28.9 Å². The molecule has 0 spiro atoms. The van der Waals surface area contributed by atoms with Gasteiger partial charge in [-0.3, -0.25) is 0 Å². The molecule has 240 valence electrons. The second kappa shape index (κ2) is 11.2. The van der Waals surface area contributed by atoms with Gasteiger partial charge in [-0.05, 0) is 88.6 Å². The van der Waals surface area contributed by atoms with Gasteiger partial charge in [0, 0.05) is 0 Å². The Morgan fingerprint density at radius 3 is 0.837 bits per heavy atom. The van der Waals surface area contributed by atoms with E-state index in [0.717, 1.165) is 78.5 Å². The molecule has 0 aliphatic carbocycles. The first-order chi connectivity index (χ1) is 23.6. The summed E-state index contributed by atoms with van der Waals surface area (Å²) in [6.07, 6.45) is -11.4. The molecular weight excluding hydrogens is 630 g/mol. The predicted octanol–water partition coefficient (Wildman–Crippen LogP) is 13.0. The van der Waals surface area contributed by atoms with Crippen molar-refractivity contribution in [3.8, 4) is 22.3 Å². The van der Waals surface area contributed by atoms with E-state index in [1.165, 1.54) is 24.3 Å². The summed E-state index contributed by atoms with van der Waals surface area (Å²) in [6, 6.07) is 43.7. The average molecular weight is 657 g/mol. The lowest BCUT2D eigenvalue weighted by Crippen LogP contribution is -2.54. The van der Waals surface area contributed by atoms with Crippen molar-refractivity contribution in [1.29, 1.82) is 0 Å². The molecule has 0 amide bonds. The Hall–Kier alpha value is -5.62. The molecule has 0 N–H and O–H groups in total. The molecule has 0 atom stereocenters. The standard InChI is InChI=1S/C43H26F6/c44-42(45,46)41(43(47,48)49,33-21-17-27(18-22-33)39-35-13-5-1-9-29(35)25-30-10-2-6-14-36(30)39)34-23-19-28(20-24-34)40-37-15-7-3-11-31(37)26-32-12-4-8-16-38(32)40/h1-26H. The van der Waals surface area contributed by atoms with Gasteiger partial charge in [-0.15, -0.1) is 0 Å². The summed E-state index contributed by atoms with van der Waals surface area (Å²) in [5, 5.41) is 7.07. The van der Waals surface area contributed by atoms with Crippen molar-refractivity contribution in [2.24, 2.45) is 0 Å². The summed E-state index contributed by atoms with van der Waals surface area (Å²) in [7, 11) is 0. The van der Waals surface area contributed by atoms with Crippen LogP contribution in [-0.4, -0.2) is 12.4 Å². The van der Waals surface area contributed by atoms with Crippen LogP contribution in [0.1, 0.15) is 11.1 Å². The van der Waals surface area contributed by atoms with Gasteiger partial charge in [0.2, 0.25) is 5.41 Å². The Bertz CT molecular complexity index is 2220. The minimum atomic E-state index is -5.70. The fourth-order valence-electron chi connectivity index (χ4n) is 7.41. The number of hydrogen-bond donors (Lipinski definition) is 0. The first kappa shape index (κ1) is 30.7. The lowest BCUT2D eigenvalue weighted by atomic mass is 9.72. The number of benzene rings is 8. The lowest BCUT2D eigenvalue weighted by Gasteiger charge is -2.38. The summed E-state index contributed by atoms with van der Waals surface area (Å²) in [5.41, 5.74) is -3.53. The molecule has 0 heterocycles. The monoisotopic (exact) mass is 656 g/mol. The molecule has 0 aliphatic heterocycles. The Labute approximate surface area is 277 Å². The van der Waals surface area contributed by atoms with Crippen LogP contribution in [-0.2, 0) is 5.41 Å². The molecule has 8 aromatic carbocycles. The fourth-order valence-corrected chi connectivity index (χ4v) is 7.41. The number of alkyl halides is 6. The molecule has 0 radical (unpaired) electrons. The first-order valence-corrected chi connectivity index (χ1v) is 15.7. The van der Waals surface area contributed by atoms with Crippen LogP contribution in [0.5, 0.6) is 0 Å². The van der Waals surface area contributed by atoms with E-state index in [9.17, 15) is 0 Å². The Kier molecular flexibility index (Phi) is 7.04.